The molecule has 1 aromatic heterocycles. The highest BCUT2D eigenvalue weighted by atomic mass is 32.1. The Labute approximate surface area is 120 Å². The van der Waals surface area contributed by atoms with Crippen LogP contribution in [0.3, 0.4) is 0 Å². The predicted molar refractivity (Wildman–Crippen MR) is 83.2 cm³/mol. The van der Waals surface area contributed by atoms with Crippen LogP contribution in [-0.4, -0.2) is 50.2 Å². The number of hydrogen-bond acceptors (Lipinski definition) is 5. The Hall–Kier alpha value is -0.650. The number of nitrogens with one attached hydrogen (secondary N) is 1. The number of likely N-dealkylation sites (N-methyl/N-ethyl adjacent to an activating group) is 2. The second-order valence-corrected chi connectivity index (χ2v) is 6.93. The minimum atomic E-state index is 0.359. The molecule has 4 nitrogen and oxygen atoms in total. The van der Waals surface area contributed by atoms with E-state index in [9.17, 15) is 0 Å². The topological polar surface area (TPSA) is 31.4 Å². The van der Waals surface area contributed by atoms with Crippen LogP contribution in [0.25, 0.3) is 0 Å². The molecule has 108 valence electrons. The van der Waals surface area contributed by atoms with Gasteiger partial charge in [-0.1, -0.05) is 0 Å². The summed E-state index contributed by atoms with van der Waals surface area (Å²) >= 11 is 1.81. The molecule has 0 aromatic carbocycles. The fraction of sp³-hybridized carbons (Fsp3) is 0.786. The van der Waals surface area contributed by atoms with Crippen molar-refractivity contribution in [3.05, 3.63) is 10.6 Å². The summed E-state index contributed by atoms with van der Waals surface area (Å²) in [6.45, 7) is 4.09. The van der Waals surface area contributed by atoms with Crippen LogP contribution in [0.1, 0.15) is 29.8 Å². The molecule has 1 saturated carbocycles. The molecule has 1 aliphatic rings. The summed E-state index contributed by atoms with van der Waals surface area (Å²) in [6.07, 6.45) is 3.96. The Bertz CT molecular complexity index is 423. The minimum Gasteiger partial charge on any atom is -0.349 e. The van der Waals surface area contributed by atoms with Crippen LogP contribution in [0.15, 0.2) is 0 Å². The van der Waals surface area contributed by atoms with Gasteiger partial charge in [-0.05, 0) is 47.3 Å². The summed E-state index contributed by atoms with van der Waals surface area (Å²) in [6, 6.07) is 0. The largest absolute Gasteiger partial charge is 0.349 e. The van der Waals surface area contributed by atoms with Crippen LogP contribution in [0.2, 0.25) is 0 Å². The normalized spacial score (nSPS) is 17.6. The van der Waals surface area contributed by atoms with E-state index in [-0.39, 0.29) is 0 Å². The quantitative estimate of drug-likeness (QED) is 0.866. The van der Waals surface area contributed by atoms with Gasteiger partial charge in [0.05, 0.1) is 5.69 Å². The maximum atomic E-state index is 4.72. The van der Waals surface area contributed by atoms with E-state index in [1.807, 2.05) is 18.4 Å². The van der Waals surface area contributed by atoms with Gasteiger partial charge >= 0.3 is 0 Å². The van der Waals surface area contributed by atoms with Crippen LogP contribution in [0, 0.1) is 6.92 Å². The van der Waals surface area contributed by atoms with Gasteiger partial charge in [-0.3, -0.25) is 0 Å². The van der Waals surface area contributed by atoms with Crippen LogP contribution < -0.4 is 10.2 Å². The lowest BCUT2D eigenvalue weighted by Gasteiger charge is -2.49. The molecule has 0 bridgehead atoms. The summed E-state index contributed by atoms with van der Waals surface area (Å²) in [5.74, 6) is 0. The molecule has 1 aromatic rings. The predicted octanol–water partition coefficient (Wildman–Crippen LogP) is 2.09. The average Bonchev–Trinajstić information content (AvgIpc) is 2.65. The fourth-order valence-electron chi connectivity index (χ4n) is 2.74. The summed E-state index contributed by atoms with van der Waals surface area (Å²) < 4.78 is 0. The number of thiazole rings is 1. The molecule has 2 rings (SSSR count). The lowest BCUT2D eigenvalue weighted by molar-refractivity contribution is 0.0683. The molecule has 0 amide bonds. The second kappa shape index (κ2) is 5.77. The molecule has 1 fully saturated rings. The second-order valence-electron chi connectivity index (χ2n) is 5.86. The van der Waals surface area contributed by atoms with Crippen molar-refractivity contribution in [2.75, 3.05) is 39.6 Å². The van der Waals surface area contributed by atoms with Crippen LogP contribution >= 0.6 is 11.3 Å². The number of aryl methyl sites for hydroxylation is 1. The minimum absolute atomic E-state index is 0.359. The first-order chi connectivity index (χ1) is 8.98. The molecule has 5 heteroatoms. The monoisotopic (exact) mass is 282 g/mol. The smallest absolute Gasteiger partial charge is 0.185 e. The highest BCUT2D eigenvalue weighted by Crippen LogP contribution is 2.38. The molecule has 0 aliphatic heterocycles. The van der Waals surface area contributed by atoms with Crippen LogP contribution in [0.4, 0.5) is 5.13 Å². The van der Waals surface area contributed by atoms with E-state index in [1.165, 1.54) is 24.1 Å². The zero-order valence-electron chi connectivity index (χ0n) is 12.8. The number of anilines is 1. The molecular weight excluding hydrogens is 256 g/mol. The van der Waals surface area contributed by atoms with Crippen molar-refractivity contribution in [2.45, 2.75) is 38.3 Å². The van der Waals surface area contributed by atoms with E-state index in [4.69, 9.17) is 4.98 Å². The first-order valence-corrected chi connectivity index (χ1v) is 7.79. The van der Waals surface area contributed by atoms with Crippen molar-refractivity contribution in [3.8, 4) is 0 Å². The third-order valence-electron chi connectivity index (χ3n) is 4.31. The molecule has 19 heavy (non-hydrogen) atoms. The lowest BCUT2D eigenvalue weighted by atomic mass is 9.75. The van der Waals surface area contributed by atoms with Crippen molar-refractivity contribution < 1.29 is 0 Å². The van der Waals surface area contributed by atoms with Crippen molar-refractivity contribution in [2.24, 2.45) is 0 Å². The van der Waals surface area contributed by atoms with Crippen molar-refractivity contribution in [1.82, 2.24) is 15.2 Å². The van der Waals surface area contributed by atoms with Gasteiger partial charge < -0.3 is 15.1 Å². The molecule has 1 aliphatic carbocycles. The number of hydrogen-bond donors (Lipinski definition) is 1. The first-order valence-electron chi connectivity index (χ1n) is 6.98. The zero-order valence-corrected chi connectivity index (χ0v) is 13.6. The Morgan fingerprint density at radius 1 is 1.32 bits per heavy atom. The van der Waals surface area contributed by atoms with E-state index in [0.29, 0.717) is 5.54 Å². The molecule has 0 radical (unpaired) electrons. The molecule has 1 N–H and O–H groups in total. The first kappa shape index (κ1) is 14.8. The van der Waals surface area contributed by atoms with Gasteiger partial charge in [0, 0.05) is 30.6 Å². The molecule has 0 saturated heterocycles. The fourth-order valence-corrected chi connectivity index (χ4v) is 3.77. The number of aromatic nitrogens is 1. The molecule has 0 spiro atoms. The van der Waals surface area contributed by atoms with Gasteiger partial charge in [0.25, 0.3) is 0 Å². The van der Waals surface area contributed by atoms with Gasteiger partial charge in [0.2, 0.25) is 0 Å². The number of rotatable bonds is 6. The Morgan fingerprint density at radius 3 is 2.47 bits per heavy atom. The Morgan fingerprint density at radius 2 is 2.00 bits per heavy atom. The highest BCUT2D eigenvalue weighted by Gasteiger charge is 2.40. The van der Waals surface area contributed by atoms with E-state index in [2.05, 4.69) is 43.2 Å². The summed E-state index contributed by atoms with van der Waals surface area (Å²) in [5, 5.41) is 4.36. The van der Waals surface area contributed by atoms with Crippen LogP contribution in [-0.2, 0) is 6.54 Å². The SMILES string of the molecule is CNCc1sc(N(C)CC2(N(C)C)CCC2)nc1C. The third kappa shape index (κ3) is 2.93. The standard InChI is InChI=1S/C14H26N4S/c1-11-12(9-15-2)19-13(16-11)18(5)10-14(17(3)4)7-6-8-14/h15H,6-10H2,1-5H3. The van der Waals surface area contributed by atoms with Gasteiger partial charge in [-0.15, -0.1) is 11.3 Å². The van der Waals surface area contributed by atoms with Gasteiger partial charge in [-0.2, -0.15) is 0 Å². The van der Waals surface area contributed by atoms with Crippen molar-refractivity contribution in [1.29, 1.82) is 0 Å². The molecular formula is C14H26N4S. The van der Waals surface area contributed by atoms with Crippen molar-refractivity contribution in [3.63, 3.8) is 0 Å². The van der Waals surface area contributed by atoms with E-state index < -0.39 is 0 Å². The zero-order chi connectivity index (χ0) is 14.0. The van der Waals surface area contributed by atoms with Crippen LogP contribution in [0.5, 0.6) is 0 Å². The highest BCUT2D eigenvalue weighted by molar-refractivity contribution is 7.15. The Balaban J connectivity index is 2.07. The summed E-state index contributed by atoms with van der Waals surface area (Å²) in [4.78, 5) is 10.8. The Kier molecular flexibility index (Phi) is 4.48. The van der Waals surface area contributed by atoms with E-state index >= 15 is 0 Å². The number of nitrogens with zero attached hydrogens (tertiary/aromatic N) is 3. The lowest BCUT2D eigenvalue weighted by Crippen LogP contribution is -2.56. The molecule has 0 atom stereocenters. The maximum absolute atomic E-state index is 4.72. The van der Waals surface area contributed by atoms with E-state index in [1.54, 1.807) is 0 Å². The van der Waals surface area contributed by atoms with Gasteiger partial charge in [0.15, 0.2) is 5.13 Å². The van der Waals surface area contributed by atoms with Crippen molar-refractivity contribution >= 4 is 16.5 Å². The van der Waals surface area contributed by atoms with E-state index in [0.717, 1.165) is 23.9 Å². The van der Waals surface area contributed by atoms with Gasteiger partial charge in [0.1, 0.15) is 0 Å². The maximum Gasteiger partial charge on any atom is 0.185 e. The van der Waals surface area contributed by atoms with Gasteiger partial charge in [-0.25, -0.2) is 4.98 Å². The molecule has 0 unspecified atom stereocenters. The average molecular weight is 282 g/mol. The summed E-state index contributed by atoms with van der Waals surface area (Å²) in [7, 11) is 8.56. The molecule has 1 heterocycles. The summed E-state index contributed by atoms with van der Waals surface area (Å²) in [5.41, 5.74) is 1.52. The third-order valence-corrected chi connectivity index (χ3v) is 5.58.